The Morgan fingerprint density at radius 1 is 1.61 bits per heavy atom. The van der Waals surface area contributed by atoms with Gasteiger partial charge in [0.15, 0.2) is 5.11 Å². The molecule has 0 aromatic carbocycles. The molecular weight excluding hydrogens is 244 g/mol. The molecule has 0 spiro atoms. The zero-order chi connectivity index (χ0) is 12.8. The SMILES string of the molecule is CCN1CC[C@H](NC(=S)NCc2cccnc2)C1. The van der Waals surface area contributed by atoms with Gasteiger partial charge in [0.25, 0.3) is 0 Å². The fourth-order valence-electron chi connectivity index (χ4n) is 2.16. The molecule has 1 aliphatic heterocycles. The van der Waals surface area contributed by atoms with E-state index in [0.29, 0.717) is 6.04 Å². The van der Waals surface area contributed by atoms with Gasteiger partial charge >= 0.3 is 0 Å². The third kappa shape index (κ3) is 3.92. The van der Waals surface area contributed by atoms with Crippen molar-refractivity contribution in [1.29, 1.82) is 0 Å². The van der Waals surface area contributed by atoms with Crippen LogP contribution in [0, 0.1) is 0 Å². The Morgan fingerprint density at radius 3 is 3.17 bits per heavy atom. The van der Waals surface area contributed by atoms with Crippen LogP contribution in [0.4, 0.5) is 0 Å². The van der Waals surface area contributed by atoms with Crippen LogP contribution in [0.1, 0.15) is 18.9 Å². The van der Waals surface area contributed by atoms with Gasteiger partial charge in [-0.3, -0.25) is 4.98 Å². The van der Waals surface area contributed by atoms with Crippen molar-refractivity contribution in [3.63, 3.8) is 0 Å². The molecule has 0 radical (unpaired) electrons. The van der Waals surface area contributed by atoms with Crippen molar-refractivity contribution in [2.24, 2.45) is 0 Å². The summed E-state index contributed by atoms with van der Waals surface area (Å²) in [5.74, 6) is 0. The second-order valence-electron chi connectivity index (χ2n) is 4.57. The molecule has 2 N–H and O–H groups in total. The molecule has 5 heteroatoms. The molecule has 1 aliphatic rings. The van der Waals surface area contributed by atoms with Crippen LogP contribution in [-0.2, 0) is 6.54 Å². The van der Waals surface area contributed by atoms with Gasteiger partial charge in [0, 0.05) is 38.1 Å². The quantitative estimate of drug-likeness (QED) is 0.798. The van der Waals surface area contributed by atoms with E-state index in [2.05, 4.69) is 27.4 Å². The average molecular weight is 264 g/mol. The largest absolute Gasteiger partial charge is 0.359 e. The molecule has 0 saturated carbocycles. The lowest BCUT2D eigenvalue weighted by molar-refractivity contribution is 0.351. The van der Waals surface area contributed by atoms with E-state index in [9.17, 15) is 0 Å². The first-order valence-corrected chi connectivity index (χ1v) is 6.84. The summed E-state index contributed by atoms with van der Waals surface area (Å²) in [5, 5.41) is 7.33. The minimum atomic E-state index is 0.485. The zero-order valence-corrected chi connectivity index (χ0v) is 11.5. The molecule has 1 aromatic rings. The Morgan fingerprint density at radius 2 is 2.50 bits per heavy atom. The molecule has 0 amide bonds. The van der Waals surface area contributed by atoms with Crippen molar-refractivity contribution in [1.82, 2.24) is 20.5 Å². The highest BCUT2D eigenvalue weighted by molar-refractivity contribution is 7.80. The monoisotopic (exact) mass is 264 g/mol. The molecule has 98 valence electrons. The maximum atomic E-state index is 5.30. The molecule has 1 aromatic heterocycles. The summed E-state index contributed by atoms with van der Waals surface area (Å²) in [7, 11) is 0. The number of hydrogen-bond donors (Lipinski definition) is 2. The molecule has 2 rings (SSSR count). The van der Waals surface area contributed by atoms with E-state index in [4.69, 9.17) is 12.2 Å². The van der Waals surface area contributed by atoms with Gasteiger partial charge in [-0.05, 0) is 36.8 Å². The van der Waals surface area contributed by atoms with Crippen molar-refractivity contribution < 1.29 is 0 Å². The highest BCUT2D eigenvalue weighted by atomic mass is 32.1. The van der Waals surface area contributed by atoms with Crippen molar-refractivity contribution in [2.75, 3.05) is 19.6 Å². The molecular formula is C13H20N4S. The van der Waals surface area contributed by atoms with Crippen LogP contribution in [0.2, 0.25) is 0 Å². The fraction of sp³-hybridized carbons (Fsp3) is 0.538. The third-order valence-corrected chi connectivity index (χ3v) is 3.49. The Kier molecular flexibility index (Phi) is 4.90. The van der Waals surface area contributed by atoms with Gasteiger partial charge < -0.3 is 15.5 Å². The van der Waals surface area contributed by atoms with Crippen LogP contribution in [0.3, 0.4) is 0 Å². The van der Waals surface area contributed by atoms with Crippen molar-refractivity contribution in [3.05, 3.63) is 30.1 Å². The van der Waals surface area contributed by atoms with Gasteiger partial charge in [-0.25, -0.2) is 0 Å². The summed E-state index contributed by atoms with van der Waals surface area (Å²) in [6.07, 6.45) is 4.80. The van der Waals surface area contributed by atoms with E-state index in [1.807, 2.05) is 18.3 Å². The van der Waals surface area contributed by atoms with Crippen LogP contribution < -0.4 is 10.6 Å². The van der Waals surface area contributed by atoms with Crippen molar-refractivity contribution >= 4 is 17.3 Å². The summed E-state index contributed by atoms with van der Waals surface area (Å²) in [6, 6.07) is 4.46. The molecule has 0 bridgehead atoms. The first kappa shape index (κ1) is 13.2. The van der Waals surface area contributed by atoms with Crippen LogP contribution in [0.15, 0.2) is 24.5 Å². The molecule has 4 nitrogen and oxygen atoms in total. The van der Waals surface area contributed by atoms with Gasteiger partial charge in [0.1, 0.15) is 0 Å². The molecule has 1 saturated heterocycles. The number of hydrogen-bond acceptors (Lipinski definition) is 3. The normalized spacial score (nSPS) is 19.7. The van der Waals surface area contributed by atoms with E-state index in [0.717, 1.165) is 30.3 Å². The second kappa shape index (κ2) is 6.66. The number of nitrogens with one attached hydrogen (secondary N) is 2. The Labute approximate surface area is 114 Å². The number of rotatable bonds is 4. The summed E-state index contributed by atoms with van der Waals surface area (Å²) >= 11 is 5.30. The Balaban J connectivity index is 1.70. The van der Waals surface area contributed by atoms with Crippen molar-refractivity contribution in [3.8, 4) is 0 Å². The molecule has 0 unspecified atom stereocenters. The first-order valence-electron chi connectivity index (χ1n) is 6.43. The summed E-state index contributed by atoms with van der Waals surface area (Å²) in [5.41, 5.74) is 1.14. The predicted molar refractivity (Wildman–Crippen MR) is 77.3 cm³/mol. The highest BCUT2D eigenvalue weighted by Crippen LogP contribution is 2.07. The minimum Gasteiger partial charge on any atom is -0.359 e. The maximum Gasteiger partial charge on any atom is 0.166 e. The summed E-state index contributed by atoms with van der Waals surface area (Å²) < 4.78 is 0. The van der Waals surface area contributed by atoms with Crippen LogP contribution >= 0.6 is 12.2 Å². The third-order valence-electron chi connectivity index (χ3n) is 3.23. The van der Waals surface area contributed by atoms with E-state index < -0.39 is 0 Å². The number of thiocarbonyl (C=S) groups is 1. The van der Waals surface area contributed by atoms with E-state index in [1.165, 1.54) is 13.0 Å². The molecule has 1 atom stereocenters. The number of likely N-dealkylation sites (N-methyl/N-ethyl adjacent to an activating group) is 1. The average Bonchev–Trinajstić information content (AvgIpc) is 2.85. The van der Waals surface area contributed by atoms with Gasteiger partial charge in [0.2, 0.25) is 0 Å². The topological polar surface area (TPSA) is 40.2 Å². The Hall–Kier alpha value is -1.20. The smallest absolute Gasteiger partial charge is 0.166 e. The Bertz CT molecular complexity index is 382. The maximum absolute atomic E-state index is 5.30. The lowest BCUT2D eigenvalue weighted by atomic mass is 10.3. The van der Waals surface area contributed by atoms with E-state index in [1.54, 1.807) is 6.20 Å². The number of pyridine rings is 1. The van der Waals surface area contributed by atoms with Crippen LogP contribution in [0.25, 0.3) is 0 Å². The summed E-state index contributed by atoms with van der Waals surface area (Å²) in [4.78, 5) is 6.51. The predicted octanol–water partition coefficient (Wildman–Crippen LogP) is 1.14. The lowest BCUT2D eigenvalue weighted by Crippen LogP contribution is -2.42. The highest BCUT2D eigenvalue weighted by Gasteiger charge is 2.21. The minimum absolute atomic E-state index is 0.485. The fourth-order valence-corrected chi connectivity index (χ4v) is 2.40. The number of nitrogens with zero attached hydrogens (tertiary/aromatic N) is 2. The van der Waals surface area contributed by atoms with Gasteiger partial charge in [-0.15, -0.1) is 0 Å². The second-order valence-corrected chi connectivity index (χ2v) is 4.98. The first-order chi connectivity index (χ1) is 8.78. The van der Waals surface area contributed by atoms with Crippen LogP contribution in [-0.4, -0.2) is 40.7 Å². The van der Waals surface area contributed by atoms with Crippen molar-refractivity contribution in [2.45, 2.75) is 25.9 Å². The molecule has 1 fully saturated rings. The van der Waals surface area contributed by atoms with Gasteiger partial charge in [-0.2, -0.15) is 0 Å². The molecule has 18 heavy (non-hydrogen) atoms. The number of aromatic nitrogens is 1. The molecule has 2 heterocycles. The summed E-state index contributed by atoms with van der Waals surface area (Å²) in [6.45, 7) is 6.30. The standard InChI is InChI=1S/C13H20N4S/c1-2-17-7-5-12(10-17)16-13(18)15-9-11-4-3-6-14-8-11/h3-4,6,8,12H,2,5,7,9-10H2,1H3,(H2,15,16,18)/t12-/m0/s1. The van der Waals surface area contributed by atoms with E-state index in [-0.39, 0.29) is 0 Å². The van der Waals surface area contributed by atoms with Gasteiger partial charge in [0.05, 0.1) is 0 Å². The van der Waals surface area contributed by atoms with Crippen LogP contribution in [0.5, 0.6) is 0 Å². The number of likely N-dealkylation sites (tertiary alicyclic amines) is 1. The zero-order valence-electron chi connectivity index (χ0n) is 10.7. The van der Waals surface area contributed by atoms with E-state index >= 15 is 0 Å². The molecule has 0 aliphatic carbocycles. The van der Waals surface area contributed by atoms with Gasteiger partial charge in [-0.1, -0.05) is 13.0 Å². The lowest BCUT2D eigenvalue weighted by Gasteiger charge is -2.17.